The van der Waals surface area contributed by atoms with E-state index in [0.29, 0.717) is 17.7 Å². The van der Waals surface area contributed by atoms with E-state index in [0.717, 1.165) is 42.5 Å². The summed E-state index contributed by atoms with van der Waals surface area (Å²) in [7, 11) is 0. The highest BCUT2D eigenvalue weighted by Gasteiger charge is 2.40. The zero-order chi connectivity index (χ0) is 21.4. The molecule has 0 bridgehead atoms. The molecule has 1 aliphatic carbocycles. The predicted octanol–water partition coefficient (Wildman–Crippen LogP) is 4.65. The van der Waals surface area contributed by atoms with E-state index in [1.807, 2.05) is 20.8 Å². The van der Waals surface area contributed by atoms with E-state index in [9.17, 15) is 14.4 Å². The number of benzene rings is 2. The Bertz CT molecular complexity index is 969. The van der Waals surface area contributed by atoms with Gasteiger partial charge in [-0.05, 0) is 62.8 Å². The minimum atomic E-state index is -0.245. The molecule has 1 N–H and O–H groups in total. The number of hydrogen-bond acceptors (Lipinski definition) is 3. The average molecular weight is 405 g/mol. The van der Waals surface area contributed by atoms with Crippen LogP contribution in [0.3, 0.4) is 0 Å². The van der Waals surface area contributed by atoms with Crippen molar-refractivity contribution in [3.8, 4) is 0 Å². The zero-order valence-electron chi connectivity index (χ0n) is 17.8. The van der Waals surface area contributed by atoms with Crippen LogP contribution in [-0.2, 0) is 4.79 Å². The van der Waals surface area contributed by atoms with Crippen LogP contribution in [0.5, 0.6) is 0 Å². The van der Waals surface area contributed by atoms with E-state index in [-0.39, 0.29) is 29.6 Å². The Balaban J connectivity index is 1.52. The second-order valence-electron chi connectivity index (χ2n) is 8.68. The highest BCUT2D eigenvalue weighted by Crippen LogP contribution is 2.34. The van der Waals surface area contributed by atoms with Crippen LogP contribution in [0.2, 0.25) is 0 Å². The third-order valence-corrected chi connectivity index (χ3v) is 6.47. The van der Waals surface area contributed by atoms with Crippen molar-refractivity contribution < 1.29 is 14.4 Å². The Morgan fingerprint density at radius 1 is 0.967 bits per heavy atom. The summed E-state index contributed by atoms with van der Waals surface area (Å²) in [6.07, 6.45) is 3.63. The van der Waals surface area contributed by atoms with Crippen LogP contribution in [0.4, 0.5) is 5.69 Å². The Hall–Kier alpha value is -2.95. The van der Waals surface area contributed by atoms with Crippen molar-refractivity contribution in [2.75, 3.05) is 11.9 Å². The van der Waals surface area contributed by atoms with E-state index >= 15 is 0 Å². The van der Waals surface area contributed by atoms with Gasteiger partial charge in [-0.25, -0.2) is 0 Å². The summed E-state index contributed by atoms with van der Waals surface area (Å²) >= 11 is 0. The molecule has 2 atom stereocenters. The molecule has 0 saturated heterocycles. The fourth-order valence-electron chi connectivity index (χ4n) is 5.00. The maximum absolute atomic E-state index is 13.2. The monoisotopic (exact) mass is 404 g/mol. The standard InChI is InChI=1S/C25H28N2O3/c1-15-12-16(2)22(17(3)13-15)26-23(28)19-9-5-4-8-18(19)14-27-24(29)20-10-6-7-11-21(20)25(27)30/h6-7,10-13,18-19H,4-5,8-9,14H2,1-3H3,(H,26,28). The van der Waals surface area contributed by atoms with Gasteiger partial charge in [-0.2, -0.15) is 0 Å². The van der Waals surface area contributed by atoms with E-state index in [4.69, 9.17) is 0 Å². The van der Waals surface area contributed by atoms with Gasteiger partial charge in [0, 0.05) is 18.2 Å². The first-order valence-electron chi connectivity index (χ1n) is 10.7. The highest BCUT2D eigenvalue weighted by atomic mass is 16.2. The number of fused-ring (bicyclic) bond motifs is 1. The van der Waals surface area contributed by atoms with Crippen molar-refractivity contribution in [1.29, 1.82) is 0 Å². The third-order valence-electron chi connectivity index (χ3n) is 6.47. The van der Waals surface area contributed by atoms with Crippen LogP contribution < -0.4 is 5.32 Å². The molecular formula is C25H28N2O3. The van der Waals surface area contributed by atoms with Crippen LogP contribution >= 0.6 is 0 Å². The Morgan fingerprint density at radius 3 is 2.13 bits per heavy atom. The largest absolute Gasteiger partial charge is 0.325 e. The molecule has 5 nitrogen and oxygen atoms in total. The lowest BCUT2D eigenvalue weighted by Gasteiger charge is -2.33. The molecule has 2 aliphatic rings. The molecule has 156 valence electrons. The van der Waals surface area contributed by atoms with Crippen molar-refractivity contribution >= 4 is 23.4 Å². The lowest BCUT2D eigenvalue weighted by molar-refractivity contribution is -0.122. The fourth-order valence-corrected chi connectivity index (χ4v) is 5.00. The first-order valence-corrected chi connectivity index (χ1v) is 10.7. The molecule has 30 heavy (non-hydrogen) atoms. The topological polar surface area (TPSA) is 66.5 Å². The summed E-state index contributed by atoms with van der Waals surface area (Å²) in [5.74, 6) is -0.724. The molecule has 1 saturated carbocycles. The molecule has 4 rings (SSSR count). The minimum Gasteiger partial charge on any atom is -0.325 e. The molecule has 1 heterocycles. The van der Waals surface area contributed by atoms with Gasteiger partial charge in [-0.1, -0.05) is 42.7 Å². The summed E-state index contributed by atoms with van der Waals surface area (Å²) in [6.45, 7) is 6.36. The van der Waals surface area contributed by atoms with E-state index in [2.05, 4.69) is 17.4 Å². The average Bonchev–Trinajstić information content (AvgIpc) is 2.96. The number of carbonyl (C=O) groups is 3. The van der Waals surface area contributed by atoms with Gasteiger partial charge in [0.05, 0.1) is 11.1 Å². The van der Waals surface area contributed by atoms with Gasteiger partial charge in [-0.3, -0.25) is 19.3 Å². The normalized spacial score (nSPS) is 21.0. The van der Waals surface area contributed by atoms with Crippen molar-refractivity contribution in [2.45, 2.75) is 46.5 Å². The van der Waals surface area contributed by atoms with Gasteiger partial charge >= 0.3 is 0 Å². The van der Waals surface area contributed by atoms with Gasteiger partial charge in [0.1, 0.15) is 0 Å². The fraction of sp³-hybridized carbons (Fsp3) is 0.400. The summed E-state index contributed by atoms with van der Waals surface area (Å²) < 4.78 is 0. The summed E-state index contributed by atoms with van der Waals surface area (Å²) in [6, 6.07) is 11.1. The molecule has 5 heteroatoms. The van der Waals surface area contributed by atoms with E-state index in [1.165, 1.54) is 10.5 Å². The molecular weight excluding hydrogens is 376 g/mol. The second-order valence-corrected chi connectivity index (χ2v) is 8.68. The molecule has 2 aromatic rings. The van der Waals surface area contributed by atoms with Crippen LogP contribution in [-0.4, -0.2) is 29.2 Å². The van der Waals surface area contributed by atoms with Crippen molar-refractivity contribution in [1.82, 2.24) is 4.90 Å². The zero-order valence-corrected chi connectivity index (χ0v) is 17.8. The predicted molar refractivity (Wildman–Crippen MR) is 117 cm³/mol. The van der Waals surface area contributed by atoms with Crippen LogP contribution in [0, 0.1) is 32.6 Å². The summed E-state index contributed by atoms with van der Waals surface area (Å²) in [5.41, 5.74) is 5.07. The van der Waals surface area contributed by atoms with Gasteiger partial charge in [0.15, 0.2) is 0 Å². The first-order chi connectivity index (χ1) is 14.4. The van der Waals surface area contributed by atoms with Gasteiger partial charge in [0.25, 0.3) is 11.8 Å². The number of nitrogens with one attached hydrogen (secondary N) is 1. The Morgan fingerprint density at radius 2 is 1.53 bits per heavy atom. The summed E-state index contributed by atoms with van der Waals surface area (Å²) in [5, 5.41) is 3.14. The third kappa shape index (κ3) is 3.64. The molecule has 1 aliphatic heterocycles. The Labute approximate surface area is 177 Å². The van der Waals surface area contributed by atoms with E-state index in [1.54, 1.807) is 24.3 Å². The number of imide groups is 1. The lowest BCUT2D eigenvalue weighted by atomic mass is 9.78. The van der Waals surface area contributed by atoms with Gasteiger partial charge in [0.2, 0.25) is 5.91 Å². The van der Waals surface area contributed by atoms with Gasteiger partial charge < -0.3 is 5.32 Å². The van der Waals surface area contributed by atoms with Crippen LogP contribution in [0.1, 0.15) is 63.1 Å². The minimum absolute atomic E-state index is 0.00800. The number of rotatable bonds is 4. The molecule has 2 aromatic carbocycles. The smallest absolute Gasteiger partial charge is 0.261 e. The highest BCUT2D eigenvalue weighted by molar-refractivity contribution is 6.21. The molecule has 0 spiro atoms. The first kappa shape index (κ1) is 20.3. The number of hydrogen-bond donors (Lipinski definition) is 1. The number of carbonyl (C=O) groups excluding carboxylic acids is 3. The SMILES string of the molecule is Cc1cc(C)c(NC(=O)C2CCCCC2CN2C(=O)c3ccccc3C2=O)c(C)c1. The van der Waals surface area contributed by atoms with E-state index < -0.39 is 0 Å². The molecule has 3 amide bonds. The molecule has 2 unspecified atom stereocenters. The van der Waals surface area contributed by atoms with Crippen LogP contribution in [0.25, 0.3) is 0 Å². The number of aryl methyl sites for hydroxylation is 3. The Kier molecular flexibility index (Phi) is 5.46. The van der Waals surface area contributed by atoms with Crippen molar-refractivity contribution in [3.05, 3.63) is 64.2 Å². The lowest BCUT2D eigenvalue weighted by Crippen LogP contribution is -2.41. The maximum atomic E-state index is 13.2. The van der Waals surface area contributed by atoms with Crippen molar-refractivity contribution in [3.63, 3.8) is 0 Å². The molecule has 1 fully saturated rings. The van der Waals surface area contributed by atoms with Crippen molar-refractivity contribution in [2.24, 2.45) is 11.8 Å². The van der Waals surface area contributed by atoms with Gasteiger partial charge in [-0.15, -0.1) is 0 Å². The number of amides is 3. The molecule has 0 radical (unpaired) electrons. The van der Waals surface area contributed by atoms with Crippen LogP contribution in [0.15, 0.2) is 36.4 Å². The second kappa shape index (κ2) is 8.05. The quantitative estimate of drug-likeness (QED) is 0.754. The number of nitrogens with zero attached hydrogens (tertiary/aromatic N) is 1. The summed E-state index contributed by atoms with van der Waals surface area (Å²) in [4.78, 5) is 40.1. The number of anilines is 1. The maximum Gasteiger partial charge on any atom is 0.261 e. The molecule has 0 aromatic heterocycles.